The lowest BCUT2D eigenvalue weighted by Crippen LogP contribution is -2.55. The first-order valence-electron chi connectivity index (χ1n) is 11.2. The molecule has 5 nitrogen and oxygen atoms in total. The standard InChI is InChI=1S/C26H29N3O2/c1-17-11-12-18(15-27-17)13-19-14-22-25(21-8-4-3-7-20(19)21)28(2)16-29(26(22)31)23-9-5-6-10-24(23)30/h3-4,7-8,11-12,14-15,23-24,30H,5-6,9-10,13,16H2,1-2H3. The number of carbonyl (C=O) groups is 1. The van der Waals surface area contributed by atoms with Crippen molar-refractivity contribution in [2.45, 2.75) is 51.2 Å². The Balaban J connectivity index is 1.61. The first-order chi connectivity index (χ1) is 15.0. The van der Waals surface area contributed by atoms with E-state index in [1.165, 1.54) is 5.39 Å². The van der Waals surface area contributed by atoms with Gasteiger partial charge in [-0.1, -0.05) is 43.2 Å². The quantitative estimate of drug-likeness (QED) is 0.693. The van der Waals surface area contributed by atoms with Gasteiger partial charge in [-0.2, -0.15) is 0 Å². The first-order valence-corrected chi connectivity index (χ1v) is 11.2. The summed E-state index contributed by atoms with van der Waals surface area (Å²) in [7, 11) is 2.05. The Kier molecular flexibility index (Phi) is 5.14. The number of anilines is 1. The second kappa shape index (κ2) is 7.97. The zero-order valence-electron chi connectivity index (χ0n) is 18.2. The number of aromatic nitrogens is 1. The predicted octanol–water partition coefficient (Wildman–Crippen LogP) is 4.29. The maximum Gasteiger partial charge on any atom is 0.257 e. The summed E-state index contributed by atoms with van der Waals surface area (Å²) in [4.78, 5) is 22.2. The van der Waals surface area contributed by atoms with Gasteiger partial charge in [-0.3, -0.25) is 9.78 Å². The monoisotopic (exact) mass is 415 g/mol. The highest BCUT2D eigenvalue weighted by Crippen LogP contribution is 2.39. The Morgan fingerprint density at radius 2 is 1.87 bits per heavy atom. The molecule has 1 aliphatic heterocycles. The van der Waals surface area contributed by atoms with Crippen LogP contribution in [0.3, 0.4) is 0 Å². The van der Waals surface area contributed by atoms with E-state index in [4.69, 9.17) is 0 Å². The van der Waals surface area contributed by atoms with Crippen molar-refractivity contribution in [3.8, 4) is 0 Å². The molecular formula is C26H29N3O2. The van der Waals surface area contributed by atoms with Crippen LogP contribution in [0.25, 0.3) is 10.8 Å². The number of pyridine rings is 1. The Morgan fingerprint density at radius 3 is 2.61 bits per heavy atom. The van der Waals surface area contributed by atoms with Crippen LogP contribution in [0, 0.1) is 6.92 Å². The largest absolute Gasteiger partial charge is 0.391 e. The molecule has 1 N–H and O–H groups in total. The van der Waals surface area contributed by atoms with Crippen LogP contribution in [0.2, 0.25) is 0 Å². The van der Waals surface area contributed by atoms with Gasteiger partial charge >= 0.3 is 0 Å². The number of aryl methyl sites for hydroxylation is 1. The fourth-order valence-corrected chi connectivity index (χ4v) is 5.21. The van der Waals surface area contributed by atoms with Crippen LogP contribution in [-0.2, 0) is 6.42 Å². The number of hydrogen-bond donors (Lipinski definition) is 1. The summed E-state index contributed by atoms with van der Waals surface area (Å²) >= 11 is 0. The van der Waals surface area contributed by atoms with Gasteiger partial charge in [0.05, 0.1) is 30.1 Å². The average Bonchev–Trinajstić information content (AvgIpc) is 2.78. The van der Waals surface area contributed by atoms with E-state index in [-0.39, 0.29) is 11.9 Å². The van der Waals surface area contributed by atoms with E-state index >= 15 is 0 Å². The molecule has 5 heteroatoms. The van der Waals surface area contributed by atoms with Crippen LogP contribution in [-0.4, -0.2) is 46.8 Å². The topological polar surface area (TPSA) is 56.7 Å². The molecule has 0 radical (unpaired) electrons. The summed E-state index contributed by atoms with van der Waals surface area (Å²) in [5.74, 6) is 0.0353. The summed E-state index contributed by atoms with van der Waals surface area (Å²) in [5.41, 5.74) is 4.99. The summed E-state index contributed by atoms with van der Waals surface area (Å²) in [6, 6.07) is 14.4. The molecule has 2 unspecified atom stereocenters. The minimum atomic E-state index is -0.439. The van der Waals surface area contributed by atoms with Gasteiger partial charge < -0.3 is 14.9 Å². The van der Waals surface area contributed by atoms with Crippen molar-refractivity contribution in [1.82, 2.24) is 9.88 Å². The third kappa shape index (κ3) is 3.57. The highest BCUT2D eigenvalue weighted by atomic mass is 16.3. The number of amides is 1. The lowest BCUT2D eigenvalue weighted by Gasteiger charge is -2.44. The minimum absolute atomic E-state index is 0.0353. The van der Waals surface area contributed by atoms with E-state index in [1.54, 1.807) is 0 Å². The number of rotatable bonds is 3. The zero-order valence-corrected chi connectivity index (χ0v) is 18.2. The lowest BCUT2D eigenvalue weighted by molar-refractivity contribution is 0.0168. The number of fused-ring (bicyclic) bond motifs is 3. The first kappa shape index (κ1) is 20.0. The minimum Gasteiger partial charge on any atom is -0.391 e. The van der Waals surface area contributed by atoms with Crippen molar-refractivity contribution in [2.75, 3.05) is 18.6 Å². The van der Waals surface area contributed by atoms with Gasteiger partial charge in [-0.05, 0) is 54.8 Å². The van der Waals surface area contributed by atoms with Crippen LogP contribution in [0.15, 0.2) is 48.7 Å². The van der Waals surface area contributed by atoms with Crippen molar-refractivity contribution in [3.05, 3.63) is 71.0 Å². The Morgan fingerprint density at radius 1 is 1.10 bits per heavy atom. The molecule has 3 aromatic rings. The van der Waals surface area contributed by atoms with Crippen LogP contribution in [0.1, 0.15) is 52.9 Å². The molecule has 0 spiro atoms. The van der Waals surface area contributed by atoms with Crippen molar-refractivity contribution in [2.24, 2.45) is 0 Å². The highest BCUT2D eigenvalue weighted by molar-refractivity contribution is 6.11. The smallest absolute Gasteiger partial charge is 0.257 e. The number of hydrogen-bond acceptors (Lipinski definition) is 4. The normalized spacial score (nSPS) is 21.5. The fraction of sp³-hybridized carbons (Fsp3) is 0.385. The predicted molar refractivity (Wildman–Crippen MR) is 123 cm³/mol. The molecule has 2 aliphatic rings. The van der Waals surface area contributed by atoms with Crippen LogP contribution in [0.4, 0.5) is 5.69 Å². The van der Waals surface area contributed by atoms with Crippen LogP contribution < -0.4 is 4.90 Å². The van der Waals surface area contributed by atoms with E-state index in [2.05, 4.69) is 40.2 Å². The molecule has 2 aromatic carbocycles. The fourth-order valence-electron chi connectivity index (χ4n) is 5.21. The molecule has 31 heavy (non-hydrogen) atoms. The molecule has 1 aliphatic carbocycles. The van der Waals surface area contributed by atoms with Crippen LogP contribution in [0.5, 0.6) is 0 Å². The van der Waals surface area contributed by atoms with Gasteiger partial charge in [0.1, 0.15) is 0 Å². The lowest BCUT2D eigenvalue weighted by atomic mass is 9.89. The van der Waals surface area contributed by atoms with Crippen molar-refractivity contribution in [1.29, 1.82) is 0 Å². The van der Waals surface area contributed by atoms with E-state index in [9.17, 15) is 9.90 Å². The zero-order chi connectivity index (χ0) is 21.5. The van der Waals surface area contributed by atoms with Gasteiger partial charge in [-0.15, -0.1) is 0 Å². The summed E-state index contributed by atoms with van der Waals surface area (Å²) < 4.78 is 0. The average molecular weight is 416 g/mol. The molecule has 1 fully saturated rings. The number of benzene rings is 2. The molecular weight excluding hydrogens is 386 g/mol. The molecule has 1 aromatic heterocycles. The maximum atomic E-state index is 13.7. The van der Waals surface area contributed by atoms with Gasteiger partial charge in [-0.25, -0.2) is 0 Å². The van der Waals surface area contributed by atoms with Crippen molar-refractivity contribution in [3.63, 3.8) is 0 Å². The Hall–Kier alpha value is -2.92. The number of aliphatic hydroxyl groups excluding tert-OH is 1. The summed E-state index contributed by atoms with van der Waals surface area (Å²) in [6.45, 7) is 2.50. The summed E-state index contributed by atoms with van der Waals surface area (Å²) in [6.07, 6.45) is 5.94. The van der Waals surface area contributed by atoms with E-state index in [0.717, 1.165) is 65.6 Å². The number of aliphatic hydroxyl groups is 1. The van der Waals surface area contributed by atoms with Gasteiger partial charge in [0.2, 0.25) is 0 Å². The Bertz CT molecular complexity index is 1130. The second-order valence-corrected chi connectivity index (χ2v) is 9.00. The van der Waals surface area contributed by atoms with Gasteiger partial charge in [0.15, 0.2) is 0 Å². The molecule has 1 amide bonds. The van der Waals surface area contributed by atoms with Gasteiger partial charge in [0, 0.05) is 24.3 Å². The SMILES string of the molecule is Cc1ccc(Cc2cc3c(c4ccccc24)N(C)CN(C2CCCCC2O)C3=O)cn1. The van der Waals surface area contributed by atoms with Crippen molar-refractivity contribution < 1.29 is 9.90 Å². The number of nitrogens with zero attached hydrogens (tertiary/aromatic N) is 3. The second-order valence-electron chi connectivity index (χ2n) is 9.00. The molecule has 2 heterocycles. The molecule has 0 bridgehead atoms. The van der Waals surface area contributed by atoms with E-state index < -0.39 is 6.10 Å². The molecule has 0 saturated heterocycles. The van der Waals surface area contributed by atoms with Gasteiger partial charge in [0.25, 0.3) is 5.91 Å². The molecule has 2 atom stereocenters. The van der Waals surface area contributed by atoms with E-state index in [1.807, 2.05) is 37.2 Å². The maximum absolute atomic E-state index is 13.7. The molecule has 160 valence electrons. The molecule has 1 saturated carbocycles. The summed E-state index contributed by atoms with van der Waals surface area (Å²) in [5, 5.41) is 12.9. The van der Waals surface area contributed by atoms with Crippen LogP contribution >= 0.6 is 0 Å². The molecule has 5 rings (SSSR count). The van der Waals surface area contributed by atoms with E-state index in [0.29, 0.717) is 6.67 Å². The Labute approximate surface area is 183 Å². The van der Waals surface area contributed by atoms with Crippen molar-refractivity contribution >= 4 is 22.4 Å². The highest BCUT2D eigenvalue weighted by Gasteiger charge is 2.37. The third-order valence-corrected chi connectivity index (χ3v) is 6.80. The number of carbonyl (C=O) groups excluding carboxylic acids is 1. The third-order valence-electron chi connectivity index (χ3n) is 6.80.